The number of carbonyl (C=O) groups excluding carboxylic acids is 1. The third kappa shape index (κ3) is 2.17. The summed E-state index contributed by atoms with van der Waals surface area (Å²) in [5.74, 6) is 0.360. The molecule has 0 amide bonds. The topological polar surface area (TPSA) is 30.2 Å². The molecule has 3 rings (SSSR count). The summed E-state index contributed by atoms with van der Waals surface area (Å²) < 4.78 is 5.34. The van der Waals surface area contributed by atoms with Gasteiger partial charge in [-0.2, -0.15) is 0 Å². The summed E-state index contributed by atoms with van der Waals surface area (Å²) in [6.45, 7) is 0. The fourth-order valence-electron chi connectivity index (χ4n) is 1.80. The summed E-state index contributed by atoms with van der Waals surface area (Å²) in [7, 11) is 0. The van der Waals surface area contributed by atoms with Gasteiger partial charge in [0.05, 0.1) is 0 Å². The Kier molecular flexibility index (Phi) is 2.90. The SMILES string of the molecule is O=Cc1ccc(Sc2ccc3ccccc3c2)o1. The average molecular weight is 254 g/mol. The molecule has 1 heterocycles. The van der Waals surface area contributed by atoms with Gasteiger partial charge < -0.3 is 4.42 Å². The lowest BCUT2D eigenvalue weighted by Crippen LogP contribution is -1.74. The van der Waals surface area contributed by atoms with E-state index < -0.39 is 0 Å². The molecule has 3 heteroatoms. The molecular formula is C15H10O2S. The van der Waals surface area contributed by atoms with Crippen molar-refractivity contribution in [3.05, 3.63) is 60.4 Å². The lowest BCUT2D eigenvalue weighted by Gasteiger charge is -2.01. The van der Waals surface area contributed by atoms with Gasteiger partial charge in [0.25, 0.3) is 0 Å². The van der Waals surface area contributed by atoms with Gasteiger partial charge in [0.2, 0.25) is 0 Å². The van der Waals surface area contributed by atoms with Crippen molar-refractivity contribution in [3.8, 4) is 0 Å². The molecule has 2 aromatic carbocycles. The summed E-state index contributed by atoms with van der Waals surface area (Å²) in [5, 5.41) is 3.15. The standard InChI is InChI=1S/C15H10O2S/c16-10-13-6-8-15(17-13)18-14-7-5-11-3-1-2-4-12(11)9-14/h1-10H. The van der Waals surface area contributed by atoms with Gasteiger partial charge in [-0.3, -0.25) is 4.79 Å². The number of carbonyl (C=O) groups is 1. The predicted molar refractivity (Wildman–Crippen MR) is 72.2 cm³/mol. The third-order valence-electron chi connectivity index (χ3n) is 2.66. The Bertz CT molecular complexity index is 700. The molecule has 0 aliphatic rings. The molecule has 0 saturated heterocycles. The molecule has 18 heavy (non-hydrogen) atoms. The van der Waals surface area contributed by atoms with Gasteiger partial charge in [-0.15, -0.1) is 0 Å². The Balaban J connectivity index is 1.92. The van der Waals surface area contributed by atoms with Crippen molar-refractivity contribution in [1.82, 2.24) is 0 Å². The fraction of sp³-hybridized carbons (Fsp3) is 0. The molecule has 0 atom stereocenters. The maximum atomic E-state index is 10.5. The molecule has 2 nitrogen and oxygen atoms in total. The second kappa shape index (κ2) is 4.70. The molecule has 0 bridgehead atoms. The van der Waals surface area contributed by atoms with Gasteiger partial charge in [0, 0.05) is 4.90 Å². The number of hydrogen-bond acceptors (Lipinski definition) is 3. The first-order valence-corrected chi connectivity index (χ1v) is 6.38. The maximum Gasteiger partial charge on any atom is 0.185 e. The molecule has 0 unspecified atom stereocenters. The van der Waals surface area contributed by atoms with Gasteiger partial charge >= 0.3 is 0 Å². The van der Waals surface area contributed by atoms with Crippen LogP contribution in [-0.2, 0) is 0 Å². The van der Waals surface area contributed by atoms with Gasteiger partial charge in [0.15, 0.2) is 17.1 Å². The molecule has 0 N–H and O–H groups in total. The second-order valence-corrected chi connectivity index (χ2v) is 4.96. The van der Waals surface area contributed by atoms with Crippen LogP contribution in [0.5, 0.6) is 0 Å². The van der Waals surface area contributed by atoms with Crippen molar-refractivity contribution in [2.24, 2.45) is 0 Å². The molecule has 0 aliphatic heterocycles. The zero-order chi connectivity index (χ0) is 12.4. The van der Waals surface area contributed by atoms with Crippen molar-refractivity contribution in [3.63, 3.8) is 0 Å². The molecule has 88 valence electrons. The minimum absolute atomic E-state index is 0.360. The van der Waals surface area contributed by atoms with Crippen molar-refractivity contribution < 1.29 is 9.21 Å². The number of rotatable bonds is 3. The molecule has 0 saturated carbocycles. The van der Waals surface area contributed by atoms with Crippen LogP contribution in [0.15, 0.2) is 69.0 Å². The molecule has 0 spiro atoms. The zero-order valence-electron chi connectivity index (χ0n) is 9.50. The number of fused-ring (bicyclic) bond motifs is 1. The van der Waals surface area contributed by atoms with E-state index in [2.05, 4.69) is 30.3 Å². The fourth-order valence-corrected chi connectivity index (χ4v) is 2.63. The molecular weight excluding hydrogens is 244 g/mol. The van der Waals surface area contributed by atoms with Crippen LogP contribution >= 0.6 is 11.8 Å². The Morgan fingerprint density at radius 1 is 0.944 bits per heavy atom. The van der Waals surface area contributed by atoms with Crippen molar-refractivity contribution >= 4 is 28.8 Å². The molecule has 0 radical (unpaired) electrons. The first kappa shape index (κ1) is 11.1. The second-order valence-electron chi connectivity index (χ2n) is 3.89. The minimum Gasteiger partial charge on any atom is -0.447 e. The lowest BCUT2D eigenvalue weighted by molar-refractivity contribution is 0.109. The highest BCUT2D eigenvalue weighted by atomic mass is 32.2. The summed E-state index contributed by atoms with van der Waals surface area (Å²) in [6, 6.07) is 18.0. The predicted octanol–water partition coefficient (Wildman–Crippen LogP) is 4.40. The largest absolute Gasteiger partial charge is 0.447 e. The van der Waals surface area contributed by atoms with E-state index in [1.54, 1.807) is 6.07 Å². The van der Waals surface area contributed by atoms with Crippen LogP contribution in [0, 0.1) is 0 Å². The summed E-state index contributed by atoms with van der Waals surface area (Å²) in [6.07, 6.45) is 0.713. The Morgan fingerprint density at radius 3 is 2.56 bits per heavy atom. The van der Waals surface area contributed by atoms with E-state index in [0.717, 1.165) is 9.99 Å². The highest BCUT2D eigenvalue weighted by Crippen LogP contribution is 2.31. The molecule has 0 fully saturated rings. The highest BCUT2D eigenvalue weighted by molar-refractivity contribution is 7.99. The summed E-state index contributed by atoms with van der Waals surface area (Å²) >= 11 is 1.51. The van der Waals surface area contributed by atoms with Crippen LogP contribution in [0.1, 0.15) is 10.6 Å². The highest BCUT2D eigenvalue weighted by Gasteiger charge is 2.04. The van der Waals surface area contributed by atoms with Crippen LogP contribution in [0.4, 0.5) is 0 Å². The van der Waals surface area contributed by atoms with Crippen molar-refractivity contribution in [1.29, 1.82) is 0 Å². The number of hydrogen-bond donors (Lipinski definition) is 0. The van der Waals surface area contributed by atoms with E-state index in [-0.39, 0.29) is 0 Å². The monoisotopic (exact) mass is 254 g/mol. The molecule has 1 aromatic heterocycles. The first-order chi connectivity index (χ1) is 8.85. The smallest absolute Gasteiger partial charge is 0.185 e. The number of benzene rings is 2. The molecule has 3 aromatic rings. The van der Waals surface area contributed by atoms with Crippen LogP contribution in [0.3, 0.4) is 0 Å². The quantitative estimate of drug-likeness (QED) is 0.649. The summed E-state index contributed by atoms with van der Waals surface area (Å²) in [5.41, 5.74) is 0. The third-order valence-corrected chi connectivity index (χ3v) is 3.57. The van der Waals surface area contributed by atoms with Crippen LogP contribution in [0.2, 0.25) is 0 Å². The van der Waals surface area contributed by atoms with Gasteiger partial charge in [-0.25, -0.2) is 0 Å². The van der Waals surface area contributed by atoms with Gasteiger partial charge in [-0.1, -0.05) is 42.1 Å². The zero-order valence-corrected chi connectivity index (χ0v) is 10.3. The van der Waals surface area contributed by atoms with E-state index in [9.17, 15) is 4.79 Å². The van der Waals surface area contributed by atoms with Gasteiger partial charge in [0.1, 0.15) is 0 Å². The number of aldehydes is 1. The molecule has 0 aliphatic carbocycles. The minimum atomic E-state index is 0.360. The average Bonchev–Trinajstić information content (AvgIpc) is 2.86. The van der Waals surface area contributed by atoms with Crippen LogP contribution < -0.4 is 0 Å². The summed E-state index contributed by atoms with van der Waals surface area (Å²) in [4.78, 5) is 11.6. The van der Waals surface area contributed by atoms with E-state index >= 15 is 0 Å². The van der Waals surface area contributed by atoms with E-state index in [0.29, 0.717) is 12.0 Å². The van der Waals surface area contributed by atoms with E-state index in [4.69, 9.17) is 4.42 Å². The van der Waals surface area contributed by atoms with Crippen LogP contribution in [0.25, 0.3) is 10.8 Å². The van der Waals surface area contributed by atoms with Crippen molar-refractivity contribution in [2.75, 3.05) is 0 Å². The Hall–Kier alpha value is -2.00. The van der Waals surface area contributed by atoms with Crippen molar-refractivity contribution in [2.45, 2.75) is 9.99 Å². The van der Waals surface area contributed by atoms with E-state index in [1.165, 1.54) is 22.5 Å². The lowest BCUT2D eigenvalue weighted by atomic mass is 10.1. The van der Waals surface area contributed by atoms with Gasteiger partial charge in [-0.05, 0) is 35.0 Å². The van der Waals surface area contributed by atoms with E-state index in [1.807, 2.05) is 18.2 Å². The maximum absolute atomic E-state index is 10.5. The Morgan fingerprint density at radius 2 is 1.78 bits per heavy atom. The number of furan rings is 1. The normalized spacial score (nSPS) is 10.7. The van der Waals surface area contributed by atoms with Crippen LogP contribution in [-0.4, -0.2) is 6.29 Å². The first-order valence-electron chi connectivity index (χ1n) is 5.57. The Labute approximate surface area is 109 Å².